The molecule has 0 saturated heterocycles. The van der Waals surface area contributed by atoms with E-state index in [-0.39, 0.29) is 12.4 Å². The summed E-state index contributed by atoms with van der Waals surface area (Å²) >= 11 is 3.25. The van der Waals surface area contributed by atoms with E-state index in [0.29, 0.717) is 5.69 Å². The Morgan fingerprint density at radius 2 is 2.31 bits per heavy atom. The van der Waals surface area contributed by atoms with E-state index in [2.05, 4.69) is 26.2 Å². The van der Waals surface area contributed by atoms with Gasteiger partial charge in [0.1, 0.15) is 12.3 Å². The van der Waals surface area contributed by atoms with Crippen LogP contribution in [0.5, 0.6) is 5.75 Å². The summed E-state index contributed by atoms with van der Waals surface area (Å²) in [5.74, 6) is -0.202. The van der Waals surface area contributed by atoms with Crippen molar-refractivity contribution in [2.75, 3.05) is 0 Å². The van der Waals surface area contributed by atoms with Gasteiger partial charge in [0.25, 0.3) is 0 Å². The van der Waals surface area contributed by atoms with E-state index in [1.165, 1.54) is 6.07 Å². The van der Waals surface area contributed by atoms with Gasteiger partial charge in [0.15, 0.2) is 11.6 Å². The monoisotopic (exact) mass is 285 g/mol. The van der Waals surface area contributed by atoms with Crippen molar-refractivity contribution in [3.8, 4) is 5.75 Å². The Bertz CT molecular complexity index is 501. The van der Waals surface area contributed by atoms with Crippen molar-refractivity contribution < 1.29 is 9.13 Å². The number of benzene rings is 1. The molecule has 2 aromatic rings. The number of rotatable bonds is 3. The molecule has 0 aliphatic heterocycles. The molecule has 0 saturated carbocycles. The average Bonchev–Trinajstić information content (AvgIpc) is 2.66. The number of halogens is 2. The second kappa shape index (κ2) is 4.61. The molecule has 16 heavy (non-hydrogen) atoms. The number of aryl methyl sites for hydroxylation is 1. The lowest BCUT2D eigenvalue weighted by atomic mass is 10.3. The predicted molar refractivity (Wildman–Crippen MR) is 59.4 cm³/mol. The Labute approximate surface area is 100 Å². The van der Waals surface area contributed by atoms with Crippen LogP contribution in [0.25, 0.3) is 0 Å². The fourth-order valence-corrected chi connectivity index (χ4v) is 1.54. The van der Waals surface area contributed by atoms with E-state index in [1.54, 1.807) is 30.1 Å². The molecule has 0 fully saturated rings. The normalized spacial score (nSPS) is 10.4. The highest BCUT2D eigenvalue weighted by molar-refractivity contribution is 9.10. The molecular weight excluding hydrogens is 277 g/mol. The molecule has 2 rings (SSSR count). The molecule has 0 bridgehead atoms. The highest BCUT2D eigenvalue weighted by Crippen LogP contribution is 2.22. The summed E-state index contributed by atoms with van der Waals surface area (Å²) in [5, 5.41) is 7.59. The maximum atomic E-state index is 13.3. The van der Waals surface area contributed by atoms with Gasteiger partial charge in [0.2, 0.25) is 0 Å². The van der Waals surface area contributed by atoms with Crippen LogP contribution >= 0.6 is 15.9 Å². The third-order valence-electron chi connectivity index (χ3n) is 1.92. The van der Waals surface area contributed by atoms with E-state index < -0.39 is 5.82 Å². The maximum Gasteiger partial charge on any atom is 0.165 e. The van der Waals surface area contributed by atoms with Gasteiger partial charge in [0.05, 0.1) is 6.20 Å². The Kier molecular flexibility index (Phi) is 3.19. The largest absolute Gasteiger partial charge is 0.484 e. The quantitative estimate of drug-likeness (QED) is 0.869. The third-order valence-corrected chi connectivity index (χ3v) is 2.41. The predicted octanol–water partition coefficient (Wildman–Crippen LogP) is 2.30. The summed E-state index contributed by atoms with van der Waals surface area (Å²) in [6, 6.07) is 4.53. The smallest absolute Gasteiger partial charge is 0.165 e. The first-order chi connectivity index (χ1) is 7.65. The van der Waals surface area contributed by atoms with Crippen LogP contribution in [0.2, 0.25) is 0 Å². The summed E-state index contributed by atoms with van der Waals surface area (Å²) in [6.07, 6.45) is 1.72. The van der Waals surface area contributed by atoms with E-state index >= 15 is 0 Å². The standard InChI is InChI=1S/C10H9BrFN3O/c1-15-5-8(13-14-15)6-16-10-4-7(11)2-3-9(10)12/h2-5H,6H2,1H3. The first kappa shape index (κ1) is 11.1. The van der Waals surface area contributed by atoms with Crippen LogP contribution in [-0.4, -0.2) is 15.0 Å². The van der Waals surface area contributed by atoms with Crippen molar-refractivity contribution in [1.82, 2.24) is 15.0 Å². The van der Waals surface area contributed by atoms with Gasteiger partial charge in [-0.15, -0.1) is 5.10 Å². The zero-order valence-electron chi connectivity index (χ0n) is 8.52. The lowest BCUT2D eigenvalue weighted by molar-refractivity contribution is 0.285. The van der Waals surface area contributed by atoms with Gasteiger partial charge in [-0.05, 0) is 18.2 Å². The van der Waals surface area contributed by atoms with Gasteiger partial charge < -0.3 is 4.74 Å². The second-order valence-electron chi connectivity index (χ2n) is 3.25. The first-order valence-electron chi connectivity index (χ1n) is 4.58. The molecule has 0 atom stereocenters. The molecule has 0 aliphatic carbocycles. The summed E-state index contributed by atoms with van der Waals surface area (Å²) < 4.78 is 20.9. The highest BCUT2D eigenvalue weighted by Gasteiger charge is 2.05. The minimum Gasteiger partial charge on any atom is -0.484 e. The van der Waals surface area contributed by atoms with Crippen LogP contribution in [0, 0.1) is 5.82 Å². The summed E-state index contributed by atoms with van der Waals surface area (Å²) in [5.41, 5.74) is 0.655. The molecule has 0 N–H and O–H groups in total. The van der Waals surface area contributed by atoms with Crippen molar-refractivity contribution in [2.45, 2.75) is 6.61 Å². The van der Waals surface area contributed by atoms with Gasteiger partial charge in [-0.3, -0.25) is 4.68 Å². The summed E-state index contributed by atoms with van der Waals surface area (Å²) in [4.78, 5) is 0. The Morgan fingerprint density at radius 1 is 1.50 bits per heavy atom. The van der Waals surface area contributed by atoms with Gasteiger partial charge in [0, 0.05) is 11.5 Å². The molecule has 0 amide bonds. The Hall–Kier alpha value is -1.43. The molecule has 6 heteroatoms. The van der Waals surface area contributed by atoms with Crippen LogP contribution < -0.4 is 4.74 Å². The van der Waals surface area contributed by atoms with Crippen molar-refractivity contribution in [2.24, 2.45) is 7.05 Å². The second-order valence-corrected chi connectivity index (χ2v) is 4.16. The topological polar surface area (TPSA) is 39.9 Å². The zero-order chi connectivity index (χ0) is 11.5. The summed E-state index contributed by atoms with van der Waals surface area (Å²) in [7, 11) is 1.76. The number of hydrogen-bond acceptors (Lipinski definition) is 3. The van der Waals surface area contributed by atoms with Crippen LogP contribution in [0.4, 0.5) is 4.39 Å². The van der Waals surface area contributed by atoms with Crippen LogP contribution in [0.3, 0.4) is 0 Å². The molecule has 84 valence electrons. The maximum absolute atomic E-state index is 13.3. The van der Waals surface area contributed by atoms with E-state index in [1.807, 2.05) is 0 Å². The van der Waals surface area contributed by atoms with Gasteiger partial charge in [-0.2, -0.15) is 0 Å². The fourth-order valence-electron chi connectivity index (χ4n) is 1.20. The molecule has 1 aromatic heterocycles. The molecule has 4 nitrogen and oxygen atoms in total. The molecule has 1 heterocycles. The molecular formula is C10H9BrFN3O. The van der Waals surface area contributed by atoms with E-state index in [0.717, 1.165) is 4.47 Å². The Morgan fingerprint density at radius 3 is 3.00 bits per heavy atom. The average molecular weight is 286 g/mol. The molecule has 0 aliphatic rings. The summed E-state index contributed by atoms with van der Waals surface area (Å²) in [6.45, 7) is 0.196. The van der Waals surface area contributed by atoms with Crippen LogP contribution in [0.1, 0.15) is 5.69 Å². The van der Waals surface area contributed by atoms with Gasteiger partial charge >= 0.3 is 0 Å². The number of aromatic nitrogens is 3. The minimum atomic E-state index is -0.396. The van der Waals surface area contributed by atoms with Crippen LogP contribution in [0.15, 0.2) is 28.9 Å². The van der Waals surface area contributed by atoms with Gasteiger partial charge in [-0.1, -0.05) is 21.1 Å². The first-order valence-corrected chi connectivity index (χ1v) is 5.37. The van der Waals surface area contributed by atoms with E-state index in [4.69, 9.17) is 4.74 Å². The molecule has 0 spiro atoms. The minimum absolute atomic E-state index is 0.194. The van der Waals surface area contributed by atoms with E-state index in [9.17, 15) is 4.39 Å². The van der Waals surface area contributed by atoms with Crippen molar-refractivity contribution in [3.63, 3.8) is 0 Å². The van der Waals surface area contributed by atoms with Crippen molar-refractivity contribution in [3.05, 3.63) is 40.4 Å². The van der Waals surface area contributed by atoms with Gasteiger partial charge in [-0.25, -0.2) is 4.39 Å². The zero-order valence-corrected chi connectivity index (χ0v) is 10.1. The molecule has 1 aromatic carbocycles. The highest BCUT2D eigenvalue weighted by atomic mass is 79.9. The third kappa shape index (κ3) is 2.57. The number of ether oxygens (including phenoxy) is 1. The number of nitrogens with zero attached hydrogens (tertiary/aromatic N) is 3. The van der Waals surface area contributed by atoms with Crippen molar-refractivity contribution >= 4 is 15.9 Å². The lowest BCUT2D eigenvalue weighted by Crippen LogP contribution is -1.97. The molecule has 0 radical (unpaired) electrons. The van der Waals surface area contributed by atoms with Crippen LogP contribution in [-0.2, 0) is 13.7 Å². The number of hydrogen-bond donors (Lipinski definition) is 0. The van der Waals surface area contributed by atoms with Crippen molar-refractivity contribution in [1.29, 1.82) is 0 Å². The Balaban J connectivity index is 2.07. The molecule has 0 unspecified atom stereocenters. The fraction of sp³-hybridized carbons (Fsp3) is 0.200. The SMILES string of the molecule is Cn1cc(COc2cc(Br)ccc2F)nn1. The lowest BCUT2D eigenvalue weighted by Gasteiger charge is -2.05.